The van der Waals surface area contributed by atoms with Gasteiger partial charge in [0.15, 0.2) is 0 Å². The molecule has 0 atom stereocenters. The number of benzene rings is 2. The van der Waals surface area contributed by atoms with Gasteiger partial charge in [0.05, 0.1) is 7.11 Å². The molecule has 0 aliphatic rings. The molecule has 4 heteroatoms. The molecule has 0 aromatic heterocycles. The summed E-state index contributed by atoms with van der Waals surface area (Å²) >= 11 is 0. The van der Waals surface area contributed by atoms with Crippen LogP contribution < -0.4 is 0 Å². The molecule has 0 radical (unpaired) electrons. The van der Waals surface area contributed by atoms with Crippen LogP contribution in [0.4, 0.5) is 4.79 Å². The van der Waals surface area contributed by atoms with Crippen LogP contribution in [0.25, 0.3) is 11.1 Å². The lowest BCUT2D eigenvalue weighted by molar-refractivity contribution is 0.114. The molecular weight excluding hydrogens is 232 g/mol. The summed E-state index contributed by atoms with van der Waals surface area (Å²) in [5.41, 5.74) is 1.92. The first kappa shape index (κ1) is 13.6. The van der Waals surface area contributed by atoms with Gasteiger partial charge in [-0.3, -0.25) is 0 Å². The van der Waals surface area contributed by atoms with Crippen LogP contribution in [0.3, 0.4) is 0 Å². The summed E-state index contributed by atoms with van der Waals surface area (Å²) in [7, 11) is 1.10. The van der Waals surface area contributed by atoms with Gasteiger partial charge in [0.1, 0.15) is 5.75 Å². The number of phenols is 1. The Morgan fingerprint density at radius 1 is 1.00 bits per heavy atom. The highest BCUT2D eigenvalue weighted by molar-refractivity contribution is 5.69. The lowest BCUT2D eigenvalue weighted by Gasteiger charge is -2.02. The normalized spacial score (nSPS) is 8.94. The second-order valence-electron chi connectivity index (χ2n) is 3.35. The Labute approximate surface area is 105 Å². The molecule has 0 spiro atoms. The highest BCUT2D eigenvalue weighted by atomic mass is 16.6. The number of phenolic OH excluding ortho intramolecular Hbond substituents is 1. The summed E-state index contributed by atoms with van der Waals surface area (Å²) in [5, 5.41) is 17.1. The number of carboxylic acid groups (broad SMARTS) is 1. The van der Waals surface area contributed by atoms with E-state index in [1.54, 1.807) is 6.07 Å². The zero-order valence-electron chi connectivity index (χ0n) is 9.91. The maximum Gasteiger partial charge on any atom is 0.505 e. The molecule has 2 rings (SSSR count). The maximum atomic E-state index is 9.56. The smallest absolute Gasteiger partial charge is 0.505 e. The highest BCUT2D eigenvalue weighted by Gasteiger charge is 2.00. The van der Waals surface area contributed by atoms with Crippen molar-refractivity contribution >= 4 is 6.16 Å². The van der Waals surface area contributed by atoms with Gasteiger partial charge in [0.25, 0.3) is 0 Å². The largest absolute Gasteiger partial charge is 0.507 e. The highest BCUT2D eigenvalue weighted by Crippen LogP contribution is 2.27. The minimum atomic E-state index is -1.25. The molecule has 4 nitrogen and oxygen atoms in total. The van der Waals surface area contributed by atoms with Gasteiger partial charge in [-0.2, -0.15) is 0 Å². The molecule has 0 bridgehead atoms. The van der Waals surface area contributed by atoms with Crippen LogP contribution in [0.2, 0.25) is 0 Å². The van der Waals surface area contributed by atoms with Crippen molar-refractivity contribution in [3.8, 4) is 16.9 Å². The maximum absolute atomic E-state index is 9.56. The summed E-state index contributed by atoms with van der Waals surface area (Å²) < 4.78 is 3.67. The van der Waals surface area contributed by atoms with E-state index >= 15 is 0 Å². The molecule has 0 aliphatic heterocycles. The average Bonchev–Trinajstić information content (AvgIpc) is 2.41. The van der Waals surface area contributed by atoms with Crippen LogP contribution in [0.15, 0.2) is 54.6 Å². The SMILES string of the molecule is COC(=O)O.Oc1ccccc1-c1ccccc1. The quantitative estimate of drug-likeness (QED) is 0.757. The van der Waals surface area contributed by atoms with E-state index in [0.29, 0.717) is 5.75 Å². The molecule has 2 aromatic rings. The number of hydrogen-bond acceptors (Lipinski definition) is 3. The molecule has 0 saturated heterocycles. The third-order valence-electron chi connectivity index (χ3n) is 2.16. The topological polar surface area (TPSA) is 66.8 Å². The zero-order chi connectivity index (χ0) is 13.4. The van der Waals surface area contributed by atoms with Crippen LogP contribution in [0, 0.1) is 0 Å². The fourth-order valence-electron chi connectivity index (χ4n) is 1.34. The van der Waals surface area contributed by atoms with E-state index in [1.165, 1.54) is 0 Å². The lowest BCUT2D eigenvalue weighted by atomic mass is 10.1. The van der Waals surface area contributed by atoms with Gasteiger partial charge in [-0.25, -0.2) is 4.79 Å². The van der Waals surface area contributed by atoms with Crippen LogP contribution in [0.5, 0.6) is 5.75 Å². The molecule has 0 amide bonds. The summed E-state index contributed by atoms with van der Waals surface area (Å²) in [4.78, 5) is 9.15. The molecule has 94 valence electrons. The number of aromatic hydroxyl groups is 1. The van der Waals surface area contributed by atoms with Crippen LogP contribution in [0.1, 0.15) is 0 Å². The van der Waals surface area contributed by atoms with Gasteiger partial charge in [0, 0.05) is 5.56 Å². The van der Waals surface area contributed by atoms with Crippen molar-refractivity contribution in [1.82, 2.24) is 0 Å². The van der Waals surface area contributed by atoms with Crippen molar-refractivity contribution in [2.24, 2.45) is 0 Å². The Balaban J connectivity index is 0.000000280. The van der Waals surface area contributed by atoms with E-state index in [0.717, 1.165) is 18.2 Å². The van der Waals surface area contributed by atoms with Crippen LogP contribution in [-0.4, -0.2) is 23.5 Å². The van der Waals surface area contributed by atoms with Crippen molar-refractivity contribution < 1.29 is 19.7 Å². The van der Waals surface area contributed by atoms with E-state index in [4.69, 9.17) is 9.90 Å². The number of para-hydroxylation sites is 1. The Kier molecular flexibility index (Phi) is 5.25. The summed E-state index contributed by atoms with van der Waals surface area (Å²) in [6.07, 6.45) is -1.25. The zero-order valence-corrected chi connectivity index (χ0v) is 9.91. The number of ether oxygens (including phenoxy) is 1. The summed E-state index contributed by atoms with van der Waals surface area (Å²) in [6, 6.07) is 17.2. The van der Waals surface area contributed by atoms with Gasteiger partial charge in [-0.05, 0) is 11.6 Å². The second-order valence-corrected chi connectivity index (χ2v) is 3.35. The first-order chi connectivity index (χ1) is 8.65. The molecule has 2 N–H and O–H groups in total. The molecule has 0 fully saturated rings. The average molecular weight is 246 g/mol. The molecule has 2 aromatic carbocycles. The van der Waals surface area contributed by atoms with Crippen LogP contribution >= 0.6 is 0 Å². The number of methoxy groups -OCH3 is 1. The summed E-state index contributed by atoms with van der Waals surface area (Å²) in [6.45, 7) is 0. The van der Waals surface area contributed by atoms with Gasteiger partial charge in [-0.1, -0.05) is 48.5 Å². The number of carbonyl (C=O) groups is 1. The number of rotatable bonds is 1. The van der Waals surface area contributed by atoms with Crippen molar-refractivity contribution in [2.75, 3.05) is 7.11 Å². The van der Waals surface area contributed by atoms with E-state index in [1.807, 2.05) is 48.5 Å². The minimum absolute atomic E-state index is 0.328. The third-order valence-corrected chi connectivity index (χ3v) is 2.16. The molecule has 0 aliphatic carbocycles. The lowest BCUT2D eigenvalue weighted by Crippen LogP contribution is -1.91. The van der Waals surface area contributed by atoms with Gasteiger partial charge < -0.3 is 14.9 Å². The Hall–Kier alpha value is -2.49. The van der Waals surface area contributed by atoms with Crippen molar-refractivity contribution in [2.45, 2.75) is 0 Å². The van der Waals surface area contributed by atoms with Gasteiger partial charge in [-0.15, -0.1) is 0 Å². The Morgan fingerprint density at radius 2 is 1.50 bits per heavy atom. The molecule has 0 heterocycles. The first-order valence-electron chi connectivity index (χ1n) is 5.25. The van der Waals surface area contributed by atoms with Crippen molar-refractivity contribution in [3.63, 3.8) is 0 Å². The minimum Gasteiger partial charge on any atom is -0.507 e. The third kappa shape index (κ3) is 4.17. The first-order valence-corrected chi connectivity index (χ1v) is 5.25. The second kappa shape index (κ2) is 6.96. The standard InChI is InChI=1S/C12H10O.C2H4O3/c13-12-9-5-4-8-11(12)10-6-2-1-3-7-10;1-5-2(3)4/h1-9,13H;1H3,(H,3,4). The van der Waals surface area contributed by atoms with E-state index in [-0.39, 0.29) is 0 Å². The monoisotopic (exact) mass is 246 g/mol. The molecule has 0 unspecified atom stereocenters. The van der Waals surface area contributed by atoms with E-state index in [2.05, 4.69) is 4.74 Å². The fraction of sp³-hybridized carbons (Fsp3) is 0.0714. The van der Waals surface area contributed by atoms with Crippen LogP contribution in [-0.2, 0) is 4.74 Å². The Bertz CT molecular complexity index is 494. The van der Waals surface area contributed by atoms with Crippen molar-refractivity contribution in [3.05, 3.63) is 54.6 Å². The van der Waals surface area contributed by atoms with Crippen molar-refractivity contribution in [1.29, 1.82) is 0 Å². The van der Waals surface area contributed by atoms with E-state index in [9.17, 15) is 5.11 Å². The summed E-state index contributed by atoms with van der Waals surface area (Å²) in [5.74, 6) is 0.328. The Morgan fingerprint density at radius 3 is 2.00 bits per heavy atom. The predicted octanol–water partition coefficient (Wildman–Crippen LogP) is 3.37. The fourth-order valence-corrected chi connectivity index (χ4v) is 1.34. The van der Waals surface area contributed by atoms with Gasteiger partial charge >= 0.3 is 6.16 Å². The molecule has 0 saturated carbocycles. The number of hydrogen-bond donors (Lipinski definition) is 2. The molecular formula is C14H14O4. The predicted molar refractivity (Wildman–Crippen MR) is 68.6 cm³/mol. The van der Waals surface area contributed by atoms with E-state index < -0.39 is 6.16 Å². The molecule has 18 heavy (non-hydrogen) atoms. The van der Waals surface area contributed by atoms with Gasteiger partial charge in [0.2, 0.25) is 0 Å².